The molecule has 4 N–H and O–H groups in total. The Morgan fingerprint density at radius 3 is 2.51 bits per heavy atom. The molecular formula is C27H37ClN4O3. The molecule has 1 aliphatic heterocycles. The highest BCUT2D eigenvalue weighted by Crippen LogP contribution is 2.26. The minimum atomic E-state index is -0.757. The zero-order valence-corrected chi connectivity index (χ0v) is 21.6. The van der Waals surface area contributed by atoms with Gasteiger partial charge in [0.1, 0.15) is 12.1 Å². The smallest absolute Gasteiger partial charge is 0.243 e. The molecule has 35 heavy (non-hydrogen) atoms. The first-order valence-electron chi connectivity index (χ1n) is 11.9. The van der Waals surface area contributed by atoms with E-state index in [0.717, 1.165) is 22.8 Å². The van der Waals surface area contributed by atoms with Crippen molar-refractivity contribution in [1.82, 2.24) is 15.5 Å². The van der Waals surface area contributed by atoms with Gasteiger partial charge < -0.3 is 21.3 Å². The lowest BCUT2D eigenvalue weighted by Gasteiger charge is -2.31. The van der Waals surface area contributed by atoms with Crippen molar-refractivity contribution in [3.63, 3.8) is 0 Å². The first-order chi connectivity index (χ1) is 16.2. The first-order valence-corrected chi connectivity index (χ1v) is 11.9. The fourth-order valence-electron chi connectivity index (χ4n) is 4.25. The highest BCUT2D eigenvalue weighted by molar-refractivity contribution is 5.93. The molecule has 2 atom stereocenters. The van der Waals surface area contributed by atoms with Crippen LogP contribution in [0.1, 0.15) is 39.2 Å². The molecular weight excluding hydrogens is 464 g/mol. The van der Waals surface area contributed by atoms with Gasteiger partial charge in [0.25, 0.3) is 0 Å². The molecule has 0 saturated carbocycles. The van der Waals surface area contributed by atoms with E-state index >= 15 is 0 Å². The molecule has 1 aliphatic rings. The molecule has 1 heterocycles. The van der Waals surface area contributed by atoms with Crippen molar-refractivity contribution in [3.05, 3.63) is 60.2 Å². The van der Waals surface area contributed by atoms with Crippen molar-refractivity contribution in [2.45, 2.75) is 52.1 Å². The van der Waals surface area contributed by atoms with Crippen LogP contribution in [0.4, 0.5) is 0 Å². The van der Waals surface area contributed by atoms with Gasteiger partial charge >= 0.3 is 0 Å². The van der Waals surface area contributed by atoms with E-state index in [0.29, 0.717) is 32.5 Å². The van der Waals surface area contributed by atoms with Gasteiger partial charge in [0.05, 0.1) is 0 Å². The van der Waals surface area contributed by atoms with E-state index in [1.54, 1.807) is 17.1 Å². The fraction of sp³-hybridized carbons (Fsp3) is 0.444. The number of likely N-dealkylation sites (tertiary alicyclic amines) is 1. The Labute approximate surface area is 213 Å². The highest BCUT2D eigenvalue weighted by Gasteiger charge is 2.39. The van der Waals surface area contributed by atoms with Gasteiger partial charge in [0.15, 0.2) is 0 Å². The summed E-state index contributed by atoms with van der Waals surface area (Å²) >= 11 is 0. The van der Waals surface area contributed by atoms with Crippen LogP contribution in [0.3, 0.4) is 0 Å². The third-order valence-electron chi connectivity index (χ3n) is 6.04. The molecule has 3 rings (SSSR count). The van der Waals surface area contributed by atoms with Crippen molar-refractivity contribution in [2.75, 3.05) is 19.6 Å². The van der Waals surface area contributed by atoms with Crippen molar-refractivity contribution in [3.8, 4) is 0 Å². The van der Waals surface area contributed by atoms with Crippen LogP contribution in [-0.2, 0) is 20.8 Å². The number of amides is 3. The van der Waals surface area contributed by atoms with Gasteiger partial charge in [-0.25, -0.2) is 0 Å². The molecule has 0 aromatic heterocycles. The molecule has 0 radical (unpaired) electrons. The number of carbonyl (C=O) groups excluding carboxylic acids is 3. The summed E-state index contributed by atoms with van der Waals surface area (Å²) in [5.74, 6) is -0.601. The average Bonchev–Trinajstić information content (AvgIpc) is 3.30. The van der Waals surface area contributed by atoms with Crippen LogP contribution in [0.15, 0.2) is 54.6 Å². The standard InChI is InChI=1S/C27H36N4O3.ClH/c1-27(2,3)26(34)31-16-8-11-23(31)25(33)30-22(24(32)29-15-7-6-14-28)18-19-12-13-20-9-4-5-10-21(20)17-19;/h4-7,9-10,12-13,17,22-23H,8,11,14-16,18,28H2,1-3H3,(H,29,32)(H,30,33);1H/b7-6+;/t22-,23?;/m1./s1. The Bertz CT molecular complexity index is 1060. The molecule has 190 valence electrons. The van der Waals surface area contributed by atoms with Crippen LogP contribution in [0.25, 0.3) is 10.8 Å². The lowest BCUT2D eigenvalue weighted by molar-refractivity contribution is -0.145. The van der Waals surface area contributed by atoms with Gasteiger partial charge in [-0.3, -0.25) is 14.4 Å². The Morgan fingerprint density at radius 1 is 1.11 bits per heavy atom. The maximum absolute atomic E-state index is 13.3. The molecule has 2 aromatic rings. The van der Waals surface area contributed by atoms with E-state index in [-0.39, 0.29) is 30.1 Å². The number of benzene rings is 2. The third-order valence-corrected chi connectivity index (χ3v) is 6.04. The summed E-state index contributed by atoms with van der Waals surface area (Å²) in [6.07, 6.45) is 5.27. The summed E-state index contributed by atoms with van der Waals surface area (Å²) in [5, 5.41) is 7.99. The maximum atomic E-state index is 13.3. The van der Waals surface area contributed by atoms with Gasteiger partial charge in [-0.1, -0.05) is 75.4 Å². The molecule has 1 fully saturated rings. The van der Waals surface area contributed by atoms with Crippen molar-refractivity contribution < 1.29 is 14.4 Å². The van der Waals surface area contributed by atoms with Gasteiger partial charge in [0.2, 0.25) is 17.7 Å². The number of rotatable bonds is 8. The van der Waals surface area contributed by atoms with Gasteiger partial charge in [-0.05, 0) is 29.2 Å². The number of nitrogens with zero attached hydrogens (tertiary/aromatic N) is 1. The zero-order chi connectivity index (χ0) is 24.7. The molecule has 8 heteroatoms. The minimum Gasteiger partial charge on any atom is -0.351 e. The SMILES string of the molecule is CC(C)(C)C(=O)N1CCCC1C(=O)N[C@H](Cc1ccc2ccccc2c1)C(=O)NC/C=C/CN.Cl. The quantitative estimate of drug-likeness (QED) is 0.484. The number of hydrogen-bond donors (Lipinski definition) is 3. The van der Waals surface area contributed by atoms with E-state index in [1.807, 2.05) is 63.2 Å². The Morgan fingerprint density at radius 2 is 1.83 bits per heavy atom. The van der Waals surface area contributed by atoms with Gasteiger partial charge in [0, 0.05) is 31.5 Å². The molecule has 7 nitrogen and oxygen atoms in total. The van der Waals surface area contributed by atoms with Crippen LogP contribution >= 0.6 is 12.4 Å². The van der Waals surface area contributed by atoms with E-state index in [1.165, 1.54) is 0 Å². The summed E-state index contributed by atoms with van der Waals surface area (Å²) < 4.78 is 0. The number of fused-ring (bicyclic) bond motifs is 1. The number of halogens is 1. The Balaban J connectivity index is 0.00000432. The summed E-state index contributed by atoms with van der Waals surface area (Å²) in [5.41, 5.74) is 5.85. The molecule has 2 aromatic carbocycles. The Hall–Kier alpha value is -2.90. The Kier molecular flexibility index (Phi) is 10.3. The van der Waals surface area contributed by atoms with Crippen molar-refractivity contribution in [1.29, 1.82) is 0 Å². The molecule has 1 unspecified atom stereocenters. The van der Waals surface area contributed by atoms with Crippen LogP contribution in [0, 0.1) is 5.41 Å². The molecule has 0 bridgehead atoms. The van der Waals surface area contributed by atoms with Crippen LogP contribution in [-0.4, -0.2) is 54.3 Å². The molecule has 0 aliphatic carbocycles. The third kappa shape index (κ3) is 7.54. The van der Waals surface area contributed by atoms with E-state index in [2.05, 4.69) is 10.6 Å². The first kappa shape index (κ1) is 28.3. The summed E-state index contributed by atoms with van der Waals surface area (Å²) in [6.45, 7) is 6.85. The normalized spacial score (nSPS) is 16.7. The molecule has 0 spiro atoms. The van der Waals surface area contributed by atoms with Crippen LogP contribution < -0.4 is 16.4 Å². The largest absolute Gasteiger partial charge is 0.351 e. The maximum Gasteiger partial charge on any atom is 0.243 e. The second-order valence-electron chi connectivity index (χ2n) is 9.81. The summed E-state index contributed by atoms with van der Waals surface area (Å²) in [4.78, 5) is 40.8. The van der Waals surface area contributed by atoms with Gasteiger partial charge in [-0.15, -0.1) is 12.4 Å². The molecule has 1 saturated heterocycles. The van der Waals surface area contributed by atoms with E-state index < -0.39 is 17.5 Å². The number of nitrogens with one attached hydrogen (secondary N) is 2. The predicted molar refractivity (Wildman–Crippen MR) is 142 cm³/mol. The summed E-state index contributed by atoms with van der Waals surface area (Å²) in [7, 11) is 0. The second-order valence-corrected chi connectivity index (χ2v) is 9.81. The number of hydrogen-bond acceptors (Lipinski definition) is 4. The lowest BCUT2D eigenvalue weighted by Crippen LogP contribution is -2.55. The second kappa shape index (κ2) is 12.7. The zero-order valence-electron chi connectivity index (χ0n) is 20.8. The topological polar surface area (TPSA) is 105 Å². The monoisotopic (exact) mass is 500 g/mol. The van der Waals surface area contributed by atoms with Crippen LogP contribution in [0.2, 0.25) is 0 Å². The van der Waals surface area contributed by atoms with Crippen molar-refractivity contribution in [2.24, 2.45) is 11.1 Å². The van der Waals surface area contributed by atoms with E-state index in [4.69, 9.17) is 5.73 Å². The summed E-state index contributed by atoms with van der Waals surface area (Å²) in [6, 6.07) is 12.8. The number of nitrogens with two attached hydrogens (primary N) is 1. The van der Waals surface area contributed by atoms with Crippen molar-refractivity contribution >= 4 is 40.9 Å². The van der Waals surface area contributed by atoms with Crippen LogP contribution in [0.5, 0.6) is 0 Å². The van der Waals surface area contributed by atoms with E-state index in [9.17, 15) is 14.4 Å². The molecule has 3 amide bonds. The predicted octanol–water partition coefficient (Wildman–Crippen LogP) is 2.96. The van der Waals surface area contributed by atoms with Gasteiger partial charge in [-0.2, -0.15) is 0 Å². The number of carbonyl (C=O) groups is 3. The fourth-order valence-corrected chi connectivity index (χ4v) is 4.25. The highest BCUT2D eigenvalue weighted by atomic mass is 35.5. The lowest BCUT2D eigenvalue weighted by atomic mass is 9.94. The minimum absolute atomic E-state index is 0. The average molecular weight is 501 g/mol.